The first-order valence-electron chi connectivity index (χ1n) is 7.69. The van der Waals surface area contributed by atoms with Crippen LogP contribution in [0.25, 0.3) is 0 Å². The zero-order chi connectivity index (χ0) is 13.9. The van der Waals surface area contributed by atoms with Gasteiger partial charge in [0.05, 0.1) is 5.41 Å². The fourth-order valence-corrected chi connectivity index (χ4v) is 3.27. The lowest BCUT2D eigenvalue weighted by Gasteiger charge is -2.37. The molecule has 0 aromatic rings. The van der Waals surface area contributed by atoms with Gasteiger partial charge < -0.3 is 10.0 Å². The third-order valence-corrected chi connectivity index (χ3v) is 4.78. The molecule has 0 radical (unpaired) electrons. The lowest BCUT2D eigenvalue weighted by Crippen LogP contribution is -2.50. The van der Waals surface area contributed by atoms with E-state index in [0.717, 1.165) is 31.8 Å². The highest BCUT2D eigenvalue weighted by Crippen LogP contribution is 2.24. The van der Waals surface area contributed by atoms with Gasteiger partial charge in [-0.25, -0.2) is 0 Å². The molecule has 2 saturated heterocycles. The smallest absolute Gasteiger partial charge is 0.309 e. The third-order valence-electron chi connectivity index (χ3n) is 4.78. The van der Waals surface area contributed by atoms with Gasteiger partial charge in [0.25, 0.3) is 0 Å². The molecule has 0 aromatic heterocycles. The lowest BCUT2D eigenvalue weighted by atomic mass is 9.87. The Labute approximate surface area is 116 Å². The number of aliphatic carboxylic acids is 1. The summed E-state index contributed by atoms with van der Waals surface area (Å²) >= 11 is 0. The van der Waals surface area contributed by atoms with E-state index >= 15 is 0 Å². The van der Waals surface area contributed by atoms with Gasteiger partial charge >= 0.3 is 5.97 Å². The van der Waals surface area contributed by atoms with Gasteiger partial charge in [0.1, 0.15) is 0 Å². The van der Waals surface area contributed by atoms with Gasteiger partial charge in [-0.1, -0.05) is 6.42 Å². The maximum Gasteiger partial charge on any atom is 0.309 e. The SMILES string of the molecule is CC(C)(CCCCN1CCN2CCCC2C1)C(=O)O. The topological polar surface area (TPSA) is 43.8 Å². The number of carboxylic acids is 1. The molecule has 0 saturated carbocycles. The first kappa shape index (κ1) is 14.8. The van der Waals surface area contributed by atoms with Crippen LogP contribution in [0.1, 0.15) is 46.0 Å². The molecule has 0 aliphatic carbocycles. The van der Waals surface area contributed by atoms with E-state index in [1.165, 1.54) is 39.0 Å². The minimum absolute atomic E-state index is 0.565. The summed E-state index contributed by atoms with van der Waals surface area (Å²) in [6.45, 7) is 9.73. The van der Waals surface area contributed by atoms with E-state index < -0.39 is 11.4 Å². The fraction of sp³-hybridized carbons (Fsp3) is 0.933. The predicted octanol–water partition coefficient (Wildman–Crippen LogP) is 2.05. The van der Waals surface area contributed by atoms with Gasteiger partial charge in [0.2, 0.25) is 0 Å². The third kappa shape index (κ3) is 3.93. The van der Waals surface area contributed by atoms with Gasteiger partial charge in [-0.15, -0.1) is 0 Å². The average molecular weight is 268 g/mol. The van der Waals surface area contributed by atoms with Crippen LogP contribution >= 0.6 is 0 Å². The highest BCUT2D eigenvalue weighted by Gasteiger charge is 2.30. The number of hydrogen-bond donors (Lipinski definition) is 1. The van der Waals surface area contributed by atoms with Crippen LogP contribution in [0.4, 0.5) is 0 Å². The number of piperazine rings is 1. The summed E-state index contributed by atoms with van der Waals surface area (Å²) in [5.74, 6) is -0.674. The van der Waals surface area contributed by atoms with Crippen molar-refractivity contribution in [3.8, 4) is 0 Å². The number of fused-ring (bicyclic) bond motifs is 1. The van der Waals surface area contributed by atoms with Crippen molar-refractivity contribution in [1.29, 1.82) is 0 Å². The van der Waals surface area contributed by atoms with Crippen molar-refractivity contribution in [3.63, 3.8) is 0 Å². The first-order valence-corrected chi connectivity index (χ1v) is 7.69. The van der Waals surface area contributed by atoms with Crippen LogP contribution in [0, 0.1) is 5.41 Å². The first-order chi connectivity index (χ1) is 8.99. The number of unbranched alkanes of at least 4 members (excludes halogenated alkanes) is 1. The van der Waals surface area contributed by atoms with Crippen molar-refractivity contribution in [2.75, 3.05) is 32.7 Å². The Bertz CT molecular complexity index is 317. The van der Waals surface area contributed by atoms with E-state index in [-0.39, 0.29) is 0 Å². The normalized spacial score (nSPS) is 25.5. The fourth-order valence-electron chi connectivity index (χ4n) is 3.27. The van der Waals surface area contributed by atoms with Crippen LogP contribution in [0.15, 0.2) is 0 Å². The van der Waals surface area contributed by atoms with Gasteiger partial charge in [-0.3, -0.25) is 9.69 Å². The molecule has 0 bridgehead atoms. The molecular formula is C15H28N2O2. The minimum Gasteiger partial charge on any atom is -0.481 e. The van der Waals surface area contributed by atoms with Crippen molar-refractivity contribution in [1.82, 2.24) is 9.80 Å². The molecule has 2 rings (SSSR count). The van der Waals surface area contributed by atoms with Crippen molar-refractivity contribution in [2.45, 2.75) is 52.0 Å². The Morgan fingerprint density at radius 3 is 2.79 bits per heavy atom. The molecule has 19 heavy (non-hydrogen) atoms. The molecule has 2 aliphatic rings. The molecule has 0 aromatic carbocycles. The summed E-state index contributed by atoms with van der Waals surface area (Å²) in [5.41, 5.74) is -0.565. The Morgan fingerprint density at radius 1 is 1.26 bits per heavy atom. The number of rotatable bonds is 6. The van der Waals surface area contributed by atoms with Crippen molar-refractivity contribution >= 4 is 5.97 Å². The second-order valence-corrected chi connectivity index (χ2v) is 6.78. The van der Waals surface area contributed by atoms with E-state index in [0.29, 0.717) is 0 Å². The van der Waals surface area contributed by atoms with Crippen LogP contribution in [0.5, 0.6) is 0 Å². The van der Waals surface area contributed by atoms with Crippen molar-refractivity contribution < 1.29 is 9.90 Å². The number of carbonyl (C=O) groups is 1. The summed E-state index contributed by atoms with van der Waals surface area (Å²) in [6, 6.07) is 0.796. The zero-order valence-electron chi connectivity index (χ0n) is 12.4. The minimum atomic E-state index is -0.674. The zero-order valence-corrected chi connectivity index (χ0v) is 12.4. The molecule has 1 atom stereocenters. The van der Waals surface area contributed by atoms with Crippen LogP contribution < -0.4 is 0 Å². The summed E-state index contributed by atoms with van der Waals surface area (Å²) in [5, 5.41) is 9.08. The van der Waals surface area contributed by atoms with E-state index in [4.69, 9.17) is 5.11 Å². The van der Waals surface area contributed by atoms with Gasteiger partial charge in [-0.2, -0.15) is 0 Å². The predicted molar refractivity (Wildman–Crippen MR) is 76.3 cm³/mol. The van der Waals surface area contributed by atoms with Crippen LogP contribution in [0.3, 0.4) is 0 Å². The lowest BCUT2D eigenvalue weighted by molar-refractivity contribution is -0.147. The molecule has 0 amide bonds. The largest absolute Gasteiger partial charge is 0.481 e. The van der Waals surface area contributed by atoms with Gasteiger partial charge in [0, 0.05) is 25.7 Å². The van der Waals surface area contributed by atoms with Crippen molar-refractivity contribution in [3.05, 3.63) is 0 Å². The van der Waals surface area contributed by atoms with E-state index in [1.807, 2.05) is 13.8 Å². The average Bonchev–Trinajstić information content (AvgIpc) is 2.81. The number of nitrogens with zero attached hydrogens (tertiary/aromatic N) is 2. The second kappa shape index (κ2) is 6.23. The summed E-state index contributed by atoms with van der Waals surface area (Å²) < 4.78 is 0. The molecule has 2 fully saturated rings. The van der Waals surface area contributed by atoms with Crippen molar-refractivity contribution in [2.24, 2.45) is 5.41 Å². The Morgan fingerprint density at radius 2 is 2.05 bits per heavy atom. The molecule has 110 valence electrons. The number of carboxylic acid groups (broad SMARTS) is 1. The Hall–Kier alpha value is -0.610. The molecule has 4 heteroatoms. The molecular weight excluding hydrogens is 240 g/mol. The molecule has 4 nitrogen and oxygen atoms in total. The van der Waals surface area contributed by atoms with E-state index in [1.54, 1.807) is 0 Å². The summed E-state index contributed by atoms with van der Waals surface area (Å²) in [4.78, 5) is 16.2. The molecule has 1 unspecified atom stereocenters. The monoisotopic (exact) mass is 268 g/mol. The standard InChI is InChI=1S/C15H28N2O2/c1-15(2,14(18)19)7-3-4-8-16-10-11-17-9-5-6-13(17)12-16/h13H,3-12H2,1-2H3,(H,18,19). The maximum atomic E-state index is 11.0. The Balaban J connectivity index is 1.62. The maximum absolute atomic E-state index is 11.0. The van der Waals surface area contributed by atoms with Crippen LogP contribution in [-0.4, -0.2) is 59.6 Å². The van der Waals surface area contributed by atoms with Gasteiger partial charge in [0.15, 0.2) is 0 Å². The quantitative estimate of drug-likeness (QED) is 0.749. The summed E-state index contributed by atoms with van der Waals surface area (Å²) in [6.07, 6.45) is 5.66. The highest BCUT2D eigenvalue weighted by atomic mass is 16.4. The van der Waals surface area contributed by atoms with E-state index in [2.05, 4.69) is 9.80 Å². The number of hydrogen-bond acceptors (Lipinski definition) is 3. The van der Waals surface area contributed by atoms with Crippen LogP contribution in [0.2, 0.25) is 0 Å². The molecule has 2 aliphatic heterocycles. The molecule has 0 spiro atoms. The molecule has 1 N–H and O–H groups in total. The molecule has 2 heterocycles. The van der Waals surface area contributed by atoms with Crippen LogP contribution in [-0.2, 0) is 4.79 Å². The second-order valence-electron chi connectivity index (χ2n) is 6.78. The van der Waals surface area contributed by atoms with E-state index in [9.17, 15) is 4.79 Å². The Kier molecular flexibility index (Phi) is 4.85. The summed E-state index contributed by atoms with van der Waals surface area (Å²) in [7, 11) is 0. The highest BCUT2D eigenvalue weighted by molar-refractivity contribution is 5.73. The van der Waals surface area contributed by atoms with Gasteiger partial charge in [-0.05, 0) is 52.6 Å².